The maximum Gasteiger partial charge on any atom is 0.326 e. The molecule has 4 nitrogen and oxygen atoms in total. The number of thiazole rings is 1. The van der Waals surface area contributed by atoms with Crippen molar-refractivity contribution in [3.05, 3.63) is 11.6 Å². The molecule has 0 radical (unpaired) electrons. The van der Waals surface area contributed by atoms with Crippen molar-refractivity contribution >= 4 is 29.1 Å². The number of unbranched alkanes of at least 4 members (excludes halogenated alkanes) is 1. The first-order valence-corrected chi connectivity index (χ1v) is 9.31. The van der Waals surface area contributed by atoms with Gasteiger partial charge >= 0.3 is 5.97 Å². The number of nitrogens with one attached hydrogen (secondary N) is 1. The van der Waals surface area contributed by atoms with Crippen LogP contribution >= 0.6 is 23.1 Å². The summed E-state index contributed by atoms with van der Waals surface area (Å²) in [6.45, 7) is 8.32. The minimum absolute atomic E-state index is 0.147. The standard InChI is InChI=1S/C15H26N2O2S2/c1-5-19-13(18)15(4,17-12(2)3)8-6-7-10-20-14-16-9-11-21-14/h9,11-12,17H,5-8,10H2,1-4H3. The molecule has 120 valence electrons. The van der Waals surface area contributed by atoms with E-state index in [0.717, 1.165) is 29.4 Å². The van der Waals surface area contributed by atoms with Gasteiger partial charge in [-0.2, -0.15) is 0 Å². The van der Waals surface area contributed by atoms with E-state index in [1.165, 1.54) is 0 Å². The van der Waals surface area contributed by atoms with E-state index in [0.29, 0.717) is 6.61 Å². The van der Waals surface area contributed by atoms with Crippen molar-refractivity contribution in [1.82, 2.24) is 10.3 Å². The van der Waals surface area contributed by atoms with Crippen molar-refractivity contribution in [3.63, 3.8) is 0 Å². The second-order valence-corrected chi connectivity index (χ2v) is 7.69. The van der Waals surface area contributed by atoms with Crippen molar-refractivity contribution in [3.8, 4) is 0 Å². The summed E-state index contributed by atoms with van der Waals surface area (Å²) in [7, 11) is 0. The molecule has 6 heteroatoms. The van der Waals surface area contributed by atoms with Crippen molar-refractivity contribution < 1.29 is 9.53 Å². The van der Waals surface area contributed by atoms with Gasteiger partial charge in [-0.15, -0.1) is 11.3 Å². The maximum atomic E-state index is 12.2. The molecular formula is C15H26N2O2S2. The zero-order chi connectivity index (χ0) is 15.7. The average Bonchev–Trinajstić information content (AvgIpc) is 2.91. The first kappa shape index (κ1) is 18.5. The summed E-state index contributed by atoms with van der Waals surface area (Å²) in [5.41, 5.74) is -0.587. The fraction of sp³-hybridized carbons (Fsp3) is 0.733. The van der Waals surface area contributed by atoms with E-state index in [4.69, 9.17) is 4.74 Å². The lowest BCUT2D eigenvalue weighted by Crippen LogP contribution is -2.53. The zero-order valence-electron chi connectivity index (χ0n) is 13.3. The Kier molecular flexibility index (Phi) is 8.29. The lowest BCUT2D eigenvalue weighted by molar-refractivity contribution is -0.151. The predicted octanol–water partition coefficient (Wildman–Crippen LogP) is 3.73. The highest BCUT2D eigenvalue weighted by Gasteiger charge is 2.34. The molecule has 1 N–H and O–H groups in total. The minimum Gasteiger partial charge on any atom is -0.465 e. The topological polar surface area (TPSA) is 51.2 Å². The molecule has 0 spiro atoms. The Balaban J connectivity index is 2.36. The first-order chi connectivity index (χ1) is 9.98. The van der Waals surface area contributed by atoms with Crippen LogP contribution in [0.1, 0.15) is 47.0 Å². The normalized spacial score (nSPS) is 14.1. The first-order valence-electron chi connectivity index (χ1n) is 7.45. The third kappa shape index (κ3) is 6.80. The summed E-state index contributed by atoms with van der Waals surface area (Å²) in [6, 6.07) is 0.254. The molecule has 0 amide bonds. The van der Waals surface area contributed by atoms with Crippen LogP contribution in [0.15, 0.2) is 15.9 Å². The van der Waals surface area contributed by atoms with Crippen molar-refractivity contribution in [1.29, 1.82) is 0 Å². The Morgan fingerprint density at radius 1 is 1.52 bits per heavy atom. The number of hydrogen-bond acceptors (Lipinski definition) is 6. The van der Waals surface area contributed by atoms with Crippen LogP contribution in [0.5, 0.6) is 0 Å². The molecule has 0 aliphatic heterocycles. The highest BCUT2D eigenvalue weighted by atomic mass is 32.2. The number of thioether (sulfide) groups is 1. The Morgan fingerprint density at radius 2 is 2.29 bits per heavy atom. The van der Waals surface area contributed by atoms with E-state index in [-0.39, 0.29) is 12.0 Å². The van der Waals surface area contributed by atoms with E-state index >= 15 is 0 Å². The van der Waals surface area contributed by atoms with E-state index in [2.05, 4.69) is 24.1 Å². The summed E-state index contributed by atoms with van der Waals surface area (Å²) in [5, 5.41) is 5.35. The largest absolute Gasteiger partial charge is 0.465 e. The smallest absolute Gasteiger partial charge is 0.326 e. The van der Waals surface area contributed by atoms with Crippen LogP contribution in [0, 0.1) is 0 Å². The van der Waals surface area contributed by atoms with Gasteiger partial charge in [-0.1, -0.05) is 18.2 Å². The van der Waals surface area contributed by atoms with Crippen LogP contribution in [-0.2, 0) is 9.53 Å². The molecule has 0 fully saturated rings. The monoisotopic (exact) mass is 330 g/mol. The van der Waals surface area contributed by atoms with Gasteiger partial charge in [0, 0.05) is 23.4 Å². The Labute approximate surface area is 136 Å². The summed E-state index contributed by atoms with van der Waals surface area (Å²) in [5.74, 6) is 0.889. The lowest BCUT2D eigenvalue weighted by Gasteiger charge is -2.30. The molecule has 1 rings (SSSR count). The minimum atomic E-state index is -0.587. The number of carbonyl (C=O) groups excluding carboxylic acids is 1. The Hall–Kier alpha value is -0.590. The number of hydrogen-bond donors (Lipinski definition) is 1. The van der Waals surface area contributed by atoms with Gasteiger partial charge in [0.25, 0.3) is 0 Å². The summed E-state index contributed by atoms with van der Waals surface area (Å²) >= 11 is 3.45. The molecular weight excluding hydrogens is 304 g/mol. The molecule has 0 saturated heterocycles. The Bertz CT molecular complexity index is 410. The van der Waals surface area contributed by atoms with Gasteiger partial charge in [-0.3, -0.25) is 10.1 Å². The highest BCUT2D eigenvalue weighted by Crippen LogP contribution is 2.23. The average molecular weight is 331 g/mol. The molecule has 1 atom stereocenters. The molecule has 0 saturated carbocycles. The molecule has 21 heavy (non-hydrogen) atoms. The van der Waals surface area contributed by atoms with Crippen LogP contribution in [0.3, 0.4) is 0 Å². The van der Waals surface area contributed by atoms with E-state index in [1.54, 1.807) is 23.1 Å². The third-order valence-corrected chi connectivity index (χ3v) is 5.09. The third-order valence-electron chi connectivity index (χ3n) is 3.04. The van der Waals surface area contributed by atoms with Crippen molar-refractivity contribution in [2.75, 3.05) is 12.4 Å². The van der Waals surface area contributed by atoms with Gasteiger partial charge in [0.05, 0.1) is 6.61 Å². The second-order valence-electron chi connectivity index (χ2n) is 5.46. The lowest BCUT2D eigenvalue weighted by atomic mass is 9.94. The number of aromatic nitrogens is 1. The van der Waals surface area contributed by atoms with E-state index in [1.807, 2.05) is 25.4 Å². The molecule has 1 unspecified atom stereocenters. The molecule has 1 heterocycles. The SMILES string of the molecule is CCOC(=O)C(C)(CCCCSc1nccs1)NC(C)C. The van der Waals surface area contributed by atoms with Gasteiger partial charge in [-0.25, -0.2) is 4.98 Å². The highest BCUT2D eigenvalue weighted by molar-refractivity contribution is 8.00. The predicted molar refractivity (Wildman–Crippen MR) is 90.0 cm³/mol. The number of esters is 1. The number of carbonyl (C=O) groups is 1. The van der Waals surface area contributed by atoms with Gasteiger partial charge in [0.15, 0.2) is 0 Å². The summed E-state index contributed by atoms with van der Waals surface area (Å²) < 4.78 is 6.32. The van der Waals surface area contributed by atoms with Crippen LogP contribution in [0.25, 0.3) is 0 Å². The molecule has 0 aromatic carbocycles. The molecule has 1 aromatic heterocycles. The van der Waals surface area contributed by atoms with Crippen LogP contribution in [0.2, 0.25) is 0 Å². The maximum absolute atomic E-state index is 12.2. The molecule has 0 aliphatic carbocycles. The van der Waals surface area contributed by atoms with Gasteiger partial charge in [0.1, 0.15) is 9.88 Å². The van der Waals surface area contributed by atoms with Gasteiger partial charge < -0.3 is 4.74 Å². The molecule has 0 aliphatic rings. The van der Waals surface area contributed by atoms with Crippen LogP contribution < -0.4 is 5.32 Å². The van der Waals surface area contributed by atoms with Crippen molar-refractivity contribution in [2.24, 2.45) is 0 Å². The van der Waals surface area contributed by atoms with Gasteiger partial charge in [-0.05, 0) is 40.5 Å². The van der Waals surface area contributed by atoms with Gasteiger partial charge in [0.2, 0.25) is 0 Å². The quantitative estimate of drug-likeness (QED) is 0.402. The fourth-order valence-corrected chi connectivity index (χ4v) is 3.89. The number of ether oxygens (including phenoxy) is 1. The number of rotatable bonds is 10. The fourth-order valence-electron chi connectivity index (χ4n) is 2.18. The van der Waals surface area contributed by atoms with Crippen LogP contribution in [-0.4, -0.2) is 34.9 Å². The molecule has 0 bridgehead atoms. The van der Waals surface area contributed by atoms with E-state index in [9.17, 15) is 4.79 Å². The van der Waals surface area contributed by atoms with Crippen LogP contribution in [0.4, 0.5) is 0 Å². The summed E-state index contributed by atoms with van der Waals surface area (Å²) in [6.07, 6.45) is 4.69. The molecule has 1 aromatic rings. The number of nitrogens with zero attached hydrogens (tertiary/aromatic N) is 1. The zero-order valence-corrected chi connectivity index (χ0v) is 15.0. The Morgan fingerprint density at radius 3 is 2.86 bits per heavy atom. The van der Waals surface area contributed by atoms with E-state index < -0.39 is 5.54 Å². The summed E-state index contributed by atoms with van der Waals surface area (Å²) in [4.78, 5) is 16.4. The van der Waals surface area contributed by atoms with Crippen molar-refractivity contribution in [2.45, 2.75) is 62.9 Å². The second kappa shape index (κ2) is 9.43.